The van der Waals surface area contributed by atoms with Gasteiger partial charge in [-0.15, -0.1) is 11.3 Å². The van der Waals surface area contributed by atoms with Gasteiger partial charge in [-0.3, -0.25) is 4.79 Å². The summed E-state index contributed by atoms with van der Waals surface area (Å²) >= 11 is 1.38. The first-order valence-corrected chi connectivity index (χ1v) is 8.74. The van der Waals surface area contributed by atoms with Gasteiger partial charge in [-0.25, -0.2) is 4.39 Å². The van der Waals surface area contributed by atoms with Crippen molar-refractivity contribution in [3.8, 4) is 5.75 Å². The van der Waals surface area contributed by atoms with E-state index in [0.29, 0.717) is 23.7 Å². The summed E-state index contributed by atoms with van der Waals surface area (Å²) in [7, 11) is 3.39. The lowest BCUT2D eigenvalue weighted by atomic mass is 9.96. The molecule has 1 fully saturated rings. The molecule has 0 N–H and O–H groups in total. The molecule has 2 aromatic rings. The highest BCUT2D eigenvalue weighted by Crippen LogP contribution is 2.32. The van der Waals surface area contributed by atoms with Crippen molar-refractivity contribution >= 4 is 17.2 Å². The van der Waals surface area contributed by atoms with Gasteiger partial charge in [-0.05, 0) is 42.0 Å². The second kappa shape index (κ2) is 7.32. The topological polar surface area (TPSA) is 38.8 Å². The zero-order valence-corrected chi connectivity index (χ0v) is 14.5. The fourth-order valence-electron chi connectivity index (χ4n) is 2.98. The molecule has 6 heteroatoms. The van der Waals surface area contributed by atoms with Crippen molar-refractivity contribution in [3.63, 3.8) is 0 Å². The van der Waals surface area contributed by atoms with Gasteiger partial charge in [0.05, 0.1) is 13.2 Å². The van der Waals surface area contributed by atoms with Crippen LogP contribution in [0.25, 0.3) is 0 Å². The van der Waals surface area contributed by atoms with Crippen molar-refractivity contribution in [1.29, 1.82) is 0 Å². The van der Waals surface area contributed by atoms with E-state index in [1.807, 2.05) is 12.4 Å². The number of hydrogen-bond acceptors (Lipinski definition) is 4. The summed E-state index contributed by atoms with van der Waals surface area (Å²) in [6.07, 6.45) is 1.36. The number of rotatable bonds is 4. The highest BCUT2D eigenvalue weighted by atomic mass is 32.1. The molecule has 0 radical (unpaired) electrons. The summed E-state index contributed by atoms with van der Waals surface area (Å²) in [5.74, 6) is 0.314. The molecule has 1 amide bonds. The number of thiophene rings is 1. The van der Waals surface area contributed by atoms with Crippen molar-refractivity contribution in [2.45, 2.75) is 25.0 Å². The minimum atomic E-state index is -0.261. The van der Waals surface area contributed by atoms with Crippen LogP contribution in [0.3, 0.4) is 0 Å². The van der Waals surface area contributed by atoms with Crippen LogP contribution in [-0.2, 0) is 4.74 Å². The normalized spacial score (nSPS) is 20.6. The summed E-state index contributed by atoms with van der Waals surface area (Å²) in [5.41, 5.74) is 0.940. The Kier molecular flexibility index (Phi) is 5.16. The fourth-order valence-corrected chi connectivity index (χ4v) is 3.82. The van der Waals surface area contributed by atoms with Gasteiger partial charge in [-0.2, -0.15) is 0 Å². The van der Waals surface area contributed by atoms with Gasteiger partial charge in [0.1, 0.15) is 16.4 Å². The zero-order valence-electron chi connectivity index (χ0n) is 13.7. The number of amides is 1. The first-order valence-electron chi connectivity index (χ1n) is 7.86. The molecule has 2 heterocycles. The quantitative estimate of drug-likeness (QED) is 0.841. The number of carbonyl (C=O) groups excluding carboxylic acids is 1. The highest BCUT2D eigenvalue weighted by Gasteiger charge is 2.30. The molecular formula is C18H20FNO3S. The summed E-state index contributed by atoms with van der Waals surface area (Å²) in [4.78, 5) is 15.1. The molecule has 128 valence electrons. The first kappa shape index (κ1) is 16.9. The van der Waals surface area contributed by atoms with Crippen molar-refractivity contribution in [1.82, 2.24) is 4.90 Å². The second-order valence-electron chi connectivity index (χ2n) is 5.82. The summed E-state index contributed by atoms with van der Waals surface area (Å²) in [6, 6.07) is 8.24. The number of benzene rings is 1. The molecule has 4 nitrogen and oxygen atoms in total. The number of methoxy groups -OCH3 is 1. The molecule has 0 unspecified atom stereocenters. The van der Waals surface area contributed by atoms with Gasteiger partial charge in [0, 0.05) is 19.7 Å². The maximum Gasteiger partial charge on any atom is 0.267 e. The van der Waals surface area contributed by atoms with Crippen LogP contribution in [0.4, 0.5) is 4.39 Å². The van der Waals surface area contributed by atoms with E-state index in [2.05, 4.69) is 0 Å². The number of hydrogen-bond donors (Lipinski definition) is 0. The second-order valence-corrected chi connectivity index (χ2v) is 6.74. The van der Waals surface area contributed by atoms with Crippen molar-refractivity contribution in [3.05, 3.63) is 52.0 Å². The maximum atomic E-state index is 13.1. The van der Waals surface area contributed by atoms with Crippen LogP contribution in [0.15, 0.2) is 35.7 Å². The van der Waals surface area contributed by atoms with Gasteiger partial charge in [-0.1, -0.05) is 12.1 Å². The lowest BCUT2D eigenvalue weighted by Gasteiger charge is -2.35. The predicted molar refractivity (Wildman–Crippen MR) is 91.1 cm³/mol. The first-order chi connectivity index (χ1) is 11.6. The van der Waals surface area contributed by atoms with Gasteiger partial charge in [0.25, 0.3) is 5.91 Å². The van der Waals surface area contributed by atoms with E-state index in [4.69, 9.17) is 9.47 Å². The lowest BCUT2D eigenvalue weighted by molar-refractivity contribution is -0.0197. The minimum Gasteiger partial charge on any atom is -0.495 e. The Bertz CT molecular complexity index is 701. The SMILES string of the molecule is COc1ccsc1C(=O)N(C)[C@H]1CCO[C@H](c2ccc(F)cc2)C1. The lowest BCUT2D eigenvalue weighted by Crippen LogP contribution is -2.41. The van der Waals surface area contributed by atoms with E-state index < -0.39 is 0 Å². The number of halogens is 1. The molecule has 1 aromatic carbocycles. The van der Waals surface area contributed by atoms with E-state index in [0.717, 1.165) is 12.0 Å². The number of nitrogens with zero attached hydrogens (tertiary/aromatic N) is 1. The number of carbonyl (C=O) groups is 1. The average Bonchev–Trinajstić information content (AvgIpc) is 3.10. The Morgan fingerprint density at radius 3 is 2.79 bits per heavy atom. The molecule has 1 aromatic heterocycles. The van der Waals surface area contributed by atoms with Crippen LogP contribution in [-0.4, -0.2) is 37.6 Å². The van der Waals surface area contributed by atoms with E-state index in [1.54, 1.807) is 30.2 Å². The van der Waals surface area contributed by atoms with E-state index >= 15 is 0 Å². The largest absolute Gasteiger partial charge is 0.495 e. The highest BCUT2D eigenvalue weighted by molar-refractivity contribution is 7.12. The predicted octanol–water partition coefficient (Wildman–Crippen LogP) is 3.89. The third-order valence-electron chi connectivity index (χ3n) is 4.41. The average molecular weight is 349 g/mol. The number of ether oxygens (including phenoxy) is 2. The Labute approximate surface area is 144 Å². The minimum absolute atomic E-state index is 0.0355. The Hall–Kier alpha value is -1.92. The van der Waals surface area contributed by atoms with E-state index in [-0.39, 0.29) is 23.9 Å². The fraction of sp³-hybridized carbons (Fsp3) is 0.389. The van der Waals surface area contributed by atoms with Gasteiger partial charge < -0.3 is 14.4 Å². The Balaban J connectivity index is 1.72. The van der Waals surface area contributed by atoms with E-state index in [1.165, 1.54) is 23.5 Å². The molecule has 1 aliphatic heterocycles. The van der Waals surface area contributed by atoms with Gasteiger partial charge in [0.15, 0.2) is 0 Å². The summed E-state index contributed by atoms with van der Waals surface area (Å²) < 4.78 is 24.2. The molecule has 1 aliphatic rings. The van der Waals surface area contributed by atoms with E-state index in [9.17, 15) is 9.18 Å². The summed E-state index contributed by atoms with van der Waals surface area (Å²) in [5, 5.41) is 1.85. The maximum absolute atomic E-state index is 13.1. The zero-order chi connectivity index (χ0) is 17.1. The third kappa shape index (κ3) is 3.44. The third-order valence-corrected chi connectivity index (χ3v) is 5.29. The molecular weight excluding hydrogens is 329 g/mol. The van der Waals surface area contributed by atoms with Crippen LogP contribution >= 0.6 is 11.3 Å². The Morgan fingerprint density at radius 2 is 2.08 bits per heavy atom. The molecule has 24 heavy (non-hydrogen) atoms. The van der Waals surface area contributed by atoms with Crippen LogP contribution in [0.1, 0.15) is 34.2 Å². The van der Waals surface area contributed by atoms with Crippen LogP contribution < -0.4 is 4.74 Å². The van der Waals surface area contributed by atoms with Crippen LogP contribution in [0, 0.1) is 5.82 Å². The van der Waals surface area contributed by atoms with Crippen molar-refractivity contribution < 1.29 is 18.7 Å². The molecule has 3 rings (SSSR count). The molecule has 0 saturated carbocycles. The summed E-state index contributed by atoms with van der Waals surface area (Å²) in [6.45, 7) is 0.575. The van der Waals surface area contributed by atoms with Gasteiger partial charge in [0.2, 0.25) is 0 Å². The van der Waals surface area contributed by atoms with Crippen LogP contribution in [0.2, 0.25) is 0 Å². The molecule has 0 aliphatic carbocycles. The molecule has 2 atom stereocenters. The standard InChI is InChI=1S/C18H20FNO3S/c1-20(18(21)17-15(22-2)8-10-24-17)14-7-9-23-16(11-14)12-3-5-13(19)6-4-12/h3-6,8,10,14,16H,7,9,11H2,1-2H3/t14-,16-/m0/s1. The smallest absolute Gasteiger partial charge is 0.267 e. The van der Waals surface area contributed by atoms with Crippen LogP contribution in [0.5, 0.6) is 5.75 Å². The molecule has 1 saturated heterocycles. The molecule has 0 spiro atoms. The molecule has 0 bridgehead atoms. The van der Waals surface area contributed by atoms with Crippen molar-refractivity contribution in [2.24, 2.45) is 0 Å². The Morgan fingerprint density at radius 1 is 1.33 bits per heavy atom. The van der Waals surface area contributed by atoms with Gasteiger partial charge >= 0.3 is 0 Å². The monoisotopic (exact) mass is 349 g/mol. The van der Waals surface area contributed by atoms with Crippen molar-refractivity contribution in [2.75, 3.05) is 20.8 Å².